The van der Waals surface area contributed by atoms with Gasteiger partial charge in [-0.15, -0.1) is 11.3 Å². The third kappa shape index (κ3) is 2.86. The summed E-state index contributed by atoms with van der Waals surface area (Å²) in [4.78, 5) is 18.0. The molecule has 5 heteroatoms. The van der Waals surface area contributed by atoms with Gasteiger partial charge in [0.1, 0.15) is 0 Å². The second kappa shape index (κ2) is 5.54. The first kappa shape index (κ1) is 13.6. The number of halogens is 1. The van der Waals surface area contributed by atoms with Crippen LogP contribution in [0.15, 0.2) is 24.3 Å². The van der Waals surface area contributed by atoms with E-state index in [2.05, 4.69) is 17.2 Å². The molecule has 1 aromatic carbocycles. The van der Waals surface area contributed by atoms with Crippen molar-refractivity contribution in [2.75, 3.05) is 5.32 Å². The molecule has 0 aliphatic heterocycles. The Hall–Kier alpha value is -1.39. The molecule has 3 nitrogen and oxygen atoms in total. The van der Waals surface area contributed by atoms with E-state index in [-0.39, 0.29) is 5.91 Å². The van der Waals surface area contributed by atoms with Gasteiger partial charge in [-0.05, 0) is 49.4 Å². The molecule has 1 aliphatic carbocycles. The molecule has 0 spiro atoms. The van der Waals surface area contributed by atoms with E-state index in [9.17, 15) is 4.79 Å². The monoisotopic (exact) mass is 306 g/mol. The zero-order valence-electron chi connectivity index (χ0n) is 11.1. The number of nitrogens with zero attached hydrogens (tertiary/aromatic N) is 1. The van der Waals surface area contributed by atoms with Crippen LogP contribution in [0.2, 0.25) is 5.02 Å². The fraction of sp³-hybridized carbons (Fsp3) is 0.333. The van der Waals surface area contributed by atoms with Crippen LogP contribution in [-0.2, 0) is 12.8 Å². The molecule has 1 atom stereocenters. The summed E-state index contributed by atoms with van der Waals surface area (Å²) in [6, 6.07) is 6.86. The number of nitrogens with one attached hydrogen (secondary N) is 1. The Morgan fingerprint density at radius 2 is 2.15 bits per heavy atom. The van der Waals surface area contributed by atoms with E-state index in [1.807, 2.05) is 0 Å². The summed E-state index contributed by atoms with van der Waals surface area (Å²) in [5.41, 5.74) is 1.75. The molecule has 0 saturated carbocycles. The molecule has 2 aromatic rings. The van der Waals surface area contributed by atoms with Crippen LogP contribution in [0.1, 0.15) is 34.3 Å². The number of anilines is 1. The van der Waals surface area contributed by atoms with Gasteiger partial charge in [-0.1, -0.05) is 18.5 Å². The number of hydrogen-bond acceptors (Lipinski definition) is 3. The average Bonchev–Trinajstić information content (AvgIpc) is 2.80. The molecule has 1 amide bonds. The van der Waals surface area contributed by atoms with Crippen molar-refractivity contribution < 1.29 is 4.79 Å². The van der Waals surface area contributed by atoms with E-state index >= 15 is 0 Å². The molecule has 1 aromatic heterocycles. The number of hydrogen-bond donors (Lipinski definition) is 1. The van der Waals surface area contributed by atoms with Crippen molar-refractivity contribution in [1.82, 2.24) is 4.98 Å². The summed E-state index contributed by atoms with van der Waals surface area (Å²) in [5, 5.41) is 4.20. The van der Waals surface area contributed by atoms with Gasteiger partial charge in [-0.25, -0.2) is 4.98 Å². The lowest BCUT2D eigenvalue weighted by Crippen LogP contribution is -2.11. The maximum Gasteiger partial charge on any atom is 0.257 e. The Morgan fingerprint density at radius 1 is 1.40 bits per heavy atom. The zero-order valence-corrected chi connectivity index (χ0v) is 12.7. The van der Waals surface area contributed by atoms with E-state index in [0.29, 0.717) is 21.6 Å². The summed E-state index contributed by atoms with van der Waals surface area (Å²) in [6.07, 6.45) is 3.27. The Labute approximate surface area is 127 Å². The number of carbonyl (C=O) groups is 1. The molecule has 1 aliphatic rings. The Kier molecular flexibility index (Phi) is 3.76. The van der Waals surface area contributed by atoms with Gasteiger partial charge in [0.05, 0.1) is 5.69 Å². The first-order valence-electron chi connectivity index (χ1n) is 6.67. The lowest BCUT2D eigenvalue weighted by Gasteiger charge is -2.15. The van der Waals surface area contributed by atoms with Gasteiger partial charge in [-0.2, -0.15) is 0 Å². The van der Waals surface area contributed by atoms with E-state index in [1.54, 1.807) is 35.6 Å². The molecule has 20 heavy (non-hydrogen) atoms. The number of benzene rings is 1. The van der Waals surface area contributed by atoms with Crippen LogP contribution in [0.4, 0.5) is 5.13 Å². The minimum absolute atomic E-state index is 0.138. The lowest BCUT2D eigenvalue weighted by atomic mass is 9.93. The number of aromatic nitrogens is 1. The zero-order chi connectivity index (χ0) is 14.1. The predicted octanol–water partition coefficient (Wildman–Crippen LogP) is 4.17. The van der Waals surface area contributed by atoms with E-state index in [1.165, 1.54) is 11.3 Å². The summed E-state index contributed by atoms with van der Waals surface area (Å²) in [5.74, 6) is 0.573. The van der Waals surface area contributed by atoms with Crippen LogP contribution in [0.25, 0.3) is 0 Å². The first-order valence-corrected chi connectivity index (χ1v) is 7.87. The first-order chi connectivity index (χ1) is 9.61. The van der Waals surface area contributed by atoms with Gasteiger partial charge in [0.15, 0.2) is 5.13 Å². The van der Waals surface area contributed by atoms with Crippen molar-refractivity contribution in [1.29, 1.82) is 0 Å². The van der Waals surface area contributed by atoms with Gasteiger partial charge in [0.25, 0.3) is 5.91 Å². The summed E-state index contributed by atoms with van der Waals surface area (Å²) in [7, 11) is 0. The SMILES string of the molecule is CC1CCc2nc(NC(=O)c3ccc(Cl)cc3)sc2C1. The van der Waals surface area contributed by atoms with E-state index < -0.39 is 0 Å². The second-order valence-electron chi connectivity index (χ2n) is 5.20. The van der Waals surface area contributed by atoms with Crippen LogP contribution in [-0.4, -0.2) is 10.9 Å². The highest BCUT2D eigenvalue weighted by molar-refractivity contribution is 7.15. The lowest BCUT2D eigenvalue weighted by molar-refractivity contribution is 0.102. The van der Waals surface area contributed by atoms with Crippen molar-refractivity contribution in [3.8, 4) is 0 Å². The summed E-state index contributed by atoms with van der Waals surface area (Å²) < 4.78 is 0. The smallest absolute Gasteiger partial charge is 0.257 e. The van der Waals surface area contributed by atoms with Crippen LogP contribution < -0.4 is 5.32 Å². The van der Waals surface area contributed by atoms with Crippen molar-refractivity contribution in [3.63, 3.8) is 0 Å². The topological polar surface area (TPSA) is 42.0 Å². The molecule has 0 radical (unpaired) electrons. The minimum Gasteiger partial charge on any atom is -0.298 e. The normalized spacial score (nSPS) is 17.6. The molecule has 1 unspecified atom stereocenters. The molecule has 1 heterocycles. The third-order valence-electron chi connectivity index (χ3n) is 3.51. The molecule has 104 valence electrons. The van der Waals surface area contributed by atoms with Gasteiger partial charge < -0.3 is 0 Å². The fourth-order valence-corrected chi connectivity index (χ4v) is 3.66. The van der Waals surface area contributed by atoms with E-state index in [4.69, 9.17) is 11.6 Å². The summed E-state index contributed by atoms with van der Waals surface area (Å²) in [6.45, 7) is 2.26. The molecular weight excluding hydrogens is 292 g/mol. The van der Waals surface area contributed by atoms with Crippen LogP contribution in [0.3, 0.4) is 0 Å². The number of aryl methyl sites for hydroxylation is 1. The van der Waals surface area contributed by atoms with Crippen molar-refractivity contribution in [2.24, 2.45) is 5.92 Å². The van der Waals surface area contributed by atoms with E-state index in [0.717, 1.165) is 18.5 Å². The fourth-order valence-electron chi connectivity index (χ4n) is 2.36. The van der Waals surface area contributed by atoms with Crippen molar-refractivity contribution >= 4 is 34.0 Å². The highest BCUT2D eigenvalue weighted by Gasteiger charge is 2.20. The Morgan fingerprint density at radius 3 is 2.90 bits per heavy atom. The molecule has 3 rings (SSSR count). The van der Waals surface area contributed by atoms with Gasteiger partial charge >= 0.3 is 0 Å². The average molecular weight is 307 g/mol. The third-order valence-corrected chi connectivity index (χ3v) is 4.80. The molecule has 0 bridgehead atoms. The van der Waals surface area contributed by atoms with Gasteiger partial charge in [-0.3, -0.25) is 10.1 Å². The molecule has 0 fully saturated rings. The van der Waals surface area contributed by atoms with Gasteiger partial charge in [0.2, 0.25) is 0 Å². The standard InChI is InChI=1S/C15H15ClN2OS/c1-9-2-7-12-13(8-9)20-15(17-12)18-14(19)10-3-5-11(16)6-4-10/h3-6,9H,2,7-8H2,1H3,(H,17,18,19). The van der Waals surface area contributed by atoms with Gasteiger partial charge in [0, 0.05) is 15.5 Å². The number of thiazole rings is 1. The minimum atomic E-state index is -0.138. The number of fused-ring (bicyclic) bond motifs is 1. The van der Waals surface area contributed by atoms with Crippen molar-refractivity contribution in [2.45, 2.75) is 26.2 Å². The summed E-state index contributed by atoms with van der Waals surface area (Å²) >= 11 is 7.41. The highest BCUT2D eigenvalue weighted by Crippen LogP contribution is 2.32. The Bertz CT molecular complexity index is 636. The number of rotatable bonds is 2. The molecule has 1 N–H and O–H groups in total. The Balaban J connectivity index is 1.75. The van der Waals surface area contributed by atoms with Crippen LogP contribution >= 0.6 is 22.9 Å². The van der Waals surface area contributed by atoms with Crippen LogP contribution in [0.5, 0.6) is 0 Å². The maximum atomic E-state index is 12.1. The molecular formula is C15H15ClN2OS. The van der Waals surface area contributed by atoms with Crippen molar-refractivity contribution in [3.05, 3.63) is 45.4 Å². The quantitative estimate of drug-likeness (QED) is 0.904. The number of carbonyl (C=O) groups excluding carboxylic acids is 1. The second-order valence-corrected chi connectivity index (χ2v) is 6.72. The predicted molar refractivity (Wildman–Crippen MR) is 82.7 cm³/mol. The maximum absolute atomic E-state index is 12.1. The number of amides is 1. The van der Waals surface area contributed by atoms with Crippen LogP contribution in [0, 0.1) is 5.92 Å². The highest BCUT2D eigenvalue weighted by atomic mass is 35.5. The largest absolute Gasteiger partial charge is 0.298 e. The molecule has 0 saturated heterocycles.